The summed E-state index contributed by atoms with van der Waals surface area (Å²) in [6.45, 7) is 9.89. The van der Waals surface area contributed by atoms with E-state index in [9.17, 15) is 8.42 Å². The lowest BCUT2D eigenvalue weighted by atomic mass is 10.0. The van der Waals surface area contributed by atoms with E-state index < -0.39 is 10.0 Å². The molecule has 2 N–H and O–H groups in total. The van der Waals surface area contributed by atoms with Crippen molar-refractivity contribution in [2.45, 2.75) is 47.2 Å². The molecule has 0 atom stereocenters. The second-order valence-corrected chi connectivity index (χ2v) is 8.58. The predicted octanol–water partition coefficient (Wildman–Crippen LogP) is 2.86. The summed E-state index contributed by atoms with van der Waals surface area (Å²) in [6, 6.07) is 7.30. The zero-order valence-corrected chi connectivity index (χ0v) is 13.9. The Kier molecular flexibility index (Phi) is 5.21. The van der Waals surface area contributed by atoms with E-state index in [1.54, 1.807) is 6.07 Å². The molecule has 0 saturated heterocycles. The van der Waals surface area contributed by atoms with Gasteiger partial charge in [-0.3, -0.25) is 0 Å². The topological polar surface area (TPSA) is 63.4 Å². The minimum Gasteiger partial charge on any atom is -0.398 e. The molecule has 1 aromatic rings. The number of benzene rings is 1. The highest BCUT2D eigenvalue weighted by Gasteiger charge is 2.30. The molecule has 0 saturated carbocycles. The van der Waals surface area contributed by atoms with E-state index >= 15 is 0 Å². The Labute approximate surface area is 123 Å². The van der Waals surface area contributed by atoms with Gasteiger partial charge in [0, 0.05) is 18.3 Å². The third-order valence-corrected chi connectivity index (χ3v) is 5.43. The Balaban J connectivity index is 3.05. The lowest BCUT2D eigenvalue weighted by Gasteiger charge is -2.30. The molecule has 1 aromatic carbocycles. The number of rotatable bonds is 5. The van der Waals surface area contributed by atoms with Crippen molar-refractivity contribution in [1.82, 2.24) is 4.31 Å². The minimum atomic E-state index is -3.32. The Morgan fingerprint density at radius 3 is 2.20 bits per heavy atom. The fourth-order valence-electron chi connectivity index (χ4n) is 2.08. The van der Waals surface area contributed by atoms with Crippen LogP contribution in [0.2, 0.25) is 0 Å². The van der Waals surface area contributed by atoms with Crippen molar-refractivity contribution >= 4 is 15.7 Å². The van der Waals surface area contributed by atoms with Gasteiger partial charge in [0.2, 0.25) is 10.0 Å². The van der Waals surface area contributed by atoms with E-state index in [1.165, 1.54) is 4.31 Å². The first-order valence-electron chi connectivity index (χ1n) is 6.86. The van der Waals surface area contributed by atoms with Crippen LogP contribution in [0.4, 0.5) is 5.69 Å². The minimum absolute atomic E-state index is 0.0954. The van der Waals surface area contributed by atoms with Crippen molar-refractivity contribution in [3.63, 3.8) is 0 Å². The van der Waals surface area contributed by atoms with Gasteiger partial charge in [-0.15, -0.1) is 0 Å². The number of anilines is 1. The van der Waals surface area contributed by atoms with Crippen LogP contribution in [0.1, 0.15) is 40.2 Å². The Morgan fingerprint density at radius 2 is 1.75 bits per heavy atom. The molecule has 0 heterocycles. The van der Waals surface area contributed by atoms with Gasteiger partial charge >= 0.3 is 0 Å². The molecule has 0 fully saturated rings. The van der Waals surface area contributed by atoms with Gasteiger partial charge in [0.05, 0.1) is 5.75 Å². The van der Waals surface area contributed by atoms with Gasteiger partial charge in [-0.25, -0.2) is 8.42 Å². The van der Waals surface area contributed by atoms with Crippen molar-refractivity contribution in [2.24, 2.45) is 5.41 Å². The molecular weight excluding hydrogens is 272 g/mol. The number of para-hydroxylation sites is 1. The van der Waals surface area contributed by atoms with E-state index in [2.05, 4.69) is 0 Å². The maximum Gasteiger partial charge on any atom is 0.215 e. The van der Waals surface area contributed by atoms with Gasteiger partial charge in [-0.2, -0.15) is 4.31 Å². The summed E-state index contributed by atoms with van der Waals surface area (Å²) in [5.41, 5.74) is 7.12. The third-order valence-electron chi connectivity index (χ3n) is 2.93. The summed E-state index contributed by atoms with van der Waals surface area (Å²) < 4.78 is 26.7. The van der Waals surface area contributed by atoms with Crippen LogP contribution in [0, 0.1) is 5.41 Å². The van der Waals surface area contributed by atoms with Crippen molar-refractivity contribution < 1.29 is 8.42 Å². The van der Waals surface area contributed by atoms with Crippen molar-refractivity contribution in [2.75, 3.05) is 11.5 Å². The molecule has 0 aliphatic heterocycles. The molecule has 0 radical (unpaired) electrons. The lowest BCUT2D eigenvalue weighted by molar-refractivity contribution is 0.337. The molecule has 0 unspecified atom stereocenters. The Bertz CT molecular complexity index is 545. The number of nitrogen functional groups attached to an aromatic ring is 1. The van der Waals surface area contributed by atoms with Crippen molar-refractivity contribution in [3.05, 3.63) is 29.8 Å². The quantitative estimate of drug-likeness (QED) is 0.850. The van der Waals surface area contributed by atoms with Gasteiger partial charge in [-0.05, 0) is 30.9 Å². The van der Waals surface area contributed by atoms with Crippen LogP contribution in [-0.4, -0.2) is 24.5 Å². The summed E-state index contributed by atoms with van der Waals surface area (Å²) in [5.74, 6) is 0.130. The number of nitrogens with zero attached hydrogens (tertiary/aromatic N) is 1. The first-order chi connectivity index (χ1) is 9.03. The highest BCUT2D eigenvalue weighted by molar-refractivity contribution is 7.89. The van der Waals surface area contributed by atoms with Gasteiger partial charge < -0.3 is 5.73 Å². The highest BCUT2D eigenvalue weighted by Crippen LogP contribution is 2.23. The molecule has 0 bridgehead atoms. The fraction of sp³-hybridized carbons (Fsp3) is 0.600. The molecule has 1 rings (SSSR count). The molecule has 0 aromatic heterocycles. The maximum absolute atomic E-state index is 12.6. The molecule has 4 nitrogen and oxygen atoms in total. The molecular formula is C15H26N2O2S. The van der Waals surface area contributed by atoms with E-state index in [0.717, 1.165) is 5.56 Å². The van der Waals surface area contributed by atoms with Gasteiger partial charge in [0.15, 0.2) is 0 Å². The van der Waals surface area contributed by atoms with Gasteiger partial charge in [-0.1, -0.05) is 39.0 Å². The average molecular weight is 298 g/mol. The fourth-order valence-corrected chi connectivity index (χ4v) is 4.32. The molecule has 114 valence electrons. The first kappa shape index (κ1) is 17.0. The zero-order chi connectivity index (χ0) is 15.6. The molecule has 0 amide bonds. The normalized spacial score (nSPS) is 13.2. The van der Waals surface area contributed by atoms with Crippen LogP contribution in [0.5, 0.6) is 0 Å². The zero-order valence-electron chi connectivity index (χ0n) is 13.1. The summed E-state index contributed by atoms with van der Waals surface area (Å²) in [6.07, 6.45) is 0. The second kappa shape index (κ2) is 6.14. The van der Waals surface area contributed by atoms with Gasteiger partial charge in [0.25, 0.3) is 0 Å². The van der Waals surface area contributed by atoms with Gasteiger partial charge in [0.1, 0.15) is 0 Å². The van der Waals surface area contributed by atoms with Crippen molar-refractivity contribution in [1.29, 1.82) is 0 Å². The third kappa shape index (κ3) is 4.80. The van der Waals surface area contributed by atoms with Crippen LogP contribution < -0.4 is 5.73 Å². The van der Waals surface area contributed by atoms with E-state index in [4.69, 9.17) is 5.73 Å². The number of sulfonamides is 1. The smallest absolute Gasteiger partial charge is 0.215 e. The Hall–Kier alpha value is -1.07. The lowest BCUT2D eigenvalue weighted by Crippen LogP contribution is -2.40. The van der Waals surface area contributed by atoms with Crippen LogP contribution in [0.25, 0.3) is 0 Å². The number of hydrogen-bond acceptors (Lipinski definition) is 3. The summed E-state index contributed by atoms with van der Waals surface area (Å²) >= 11 is 0. The average Bonchev–Trinajstić information content (AvgIpc) is 2.23. The number of nitrogens with two attached hydrogens (primary N) is 1. The largest absolute Gasteiger partial charge is 0.398 e. The number of hydrogen-bond donors (Lipinski definition) is 1. The van der Waals surface area contributed by atoms with Crippen LogP contribution in [0.15, 0.2) is 24.3 Å². The van der Waals surface area contributed by atoms with Crippen molar-refractivity contribution in [3.8, 4) is 0 Å². The molecule has 20 heavy (non-hydrogen) atoms. The summed E-state index contributed by atoms with van der Waals surface area (Å²) in [4.78, 5) is 0. The standard InChI is InChI=1S/C15H26N2O2S/c1-12(2)17(20(18,19)11-15(3,4)5)10-13-8-6-7-9-14(13)16/h6-9,12H,10-11,16H2,1-5H3. The van der Waals surface area contributed by atoms with Crippen LogP contribution in [-0.2, 0) is 16.6 Å². The second-order valence-electron chi connectivity index (χ2n) is 6.65. The van der Waals surface area contributed by atoms with E-state index in [0.29, 0.717) is 12.2 Å². The first-order valence-corrected chi connectivity index (χ1v) is 8.47. The molecule has 5 heteroatoms. The van der Waals surface area contributed by atoms with Crippen LogP contribution in [0.3, 0.4) is 0 Å². The van der Waals surface area contributed by atoms with Crippen LogP contribution >= 0.6 is 0 Å². The summed E-state index contributed by atoms with van der Waals surface area (Å²) in [5, 5.41) is 0. The van der Waals surface area contributed by atoms with E-state index in [1.807, 2.05) is 52.8 Å². The maximum atomic E-state index is 12.6. The highest BCUT2D eigenvalue weighted by atomic mass is 32.2. The monoisotopic (exact) mass is 298 g/mol. The molecule has 0 spiro atoms. The molecule has 0 aliphatic carbocycles. The predicted molar refractivity (Wildman–Crippen MR) is 84.8 cm³/mol. The molecule has 0 aliphatic rings. The summed E-state index contributed by atoms with van der Waals surface area (Å²) in [7, 11) is -3.32. The SMILES string of the molecule is CC(C)N(Cc1ccccc1N)S(=O)(=O)CC(C)(C)C. The Morgan fingerprint density at radius 1 is 1.20 bits per heavy atom. The van der Waals surface area contributed by atoms with E-state index in [-0.39, 0.29) is 17.2 Å².